The summed E-state index contributed by atoms with van der Waals surface area (Å²) in [6.07, 6.45) is 6.03. The van der Waals surface area contributed by atoms with Crippen LogP contribution in [0.15, 0.2) is 18.2 Å². The maximum atomic E-state index is 12.3. The smallest absolute Gasteiger partial charge is 0.410 e. The molecule has 5 nitrogen and oxygen atoms in total. The molecule has 1 aliphatic heterocycles. The average Bonchev–Trinajstić information content (AvgIpc) is 2.65. The molecule has 1 amide bonds. The zero-order valence-electron chi connectivity index (χ0n) is 17.9. The van der Waals surface area contributed by atoms with E-state index in [9.17, 15) is 15.0 Å². The molecule has 28 heavy (non-hydrogen) atoms. The molecule has 0 aliphatic carbocycles. The number of piperidine rings is 1. The van der Waals surface area contributed by atoms with Gasteiger partial charge in [-0.3, -0.25) is 0 Å². The zero-order valence-corrected chi connectivity index (χ0v) is 17.9. The number of nitrogens with zero attached hydrogens (tertiary/aromatic N) is 1. The molecule has 0 radical (unpaired) electrons. The van der Waals surface area contributed by atoms with Crippen molar-refractivity contribution in [3.05, 3.63) is 29.3 Å². The number of benzene rings is 1. The minimum Gasteiger partial charge on any atom is -0.508 e. The molecule has 1 aromatic carbocycles. The van der Waals surface area contributed by atoms with Gasteiger partial charge in [0.15, 0.2) is 0 Å². The molecule has 2 rings (SSSR count). The van der Waals surface area contributed by atoms with Crippen LogP contribution >= 0.6 is 0 Å². The summed E-state index contributed by atoms with van der Waals surface area (Å²) in [7, 11) is 0. The zero-order chi connectivity index (χ0) is 20.7. The number of aliphatic hydroxyl groups excluding tert-OH is 1. The number of hydrogen-bond acceptors (Lipinski definition) is 4. The highest BCUT2D eigenvalue weighted by Gasteiger charge is 2.34. The fourth-order valence-electron chi connectivity index (χ4n) is 4.05. The molecule has 2 N–H and O–H groups in total. The summed E-state index contributed by atoms with van der Waals surface area (Å²) in [4.78, 5) is 14.0. The Morgan fingerprint density at radius 3 is 2.64 bits per heavy atom. The highest BCUT2D eigenvalue weighted by atomic mass is 16.6. The quantitative estimate of drug-likeness (QED) is 0.590. The Hall–Kier alpha value is -1.75. The number of unbranched alkanes of at least 4 members (excludes halogenated alkanes) is 3. The first kappa shape index (κ1) is 22.5. The Kier molecular flexibility index (Phi) is 8.17. The van der Waals surface area contributed by atoms with Crippen LogP contribution in [0.4, 0.5) is 4.79 Å². The maximum Gasteiger partial charge on any atom is 0.410 e. The lowest BCUT2D eigenvalue weighted by atomic mass is 9.79. The second kappa shape index (κ2) is 10.1. The lowest BCUT2D eigenvalue weighted by Gasteiger charge is -2.37. The number of likely N-dealkylation sites (tertiary alicyclic amines) is 1. The van der Waals surface area contributed by atoms with Gasteiger partial charge >= 0.3 is 6.09 Å². The van der Waals surface area contributed by atoms with Crippen LogP contribution < -0.4 is 0 Å². The fraction of sp³-hybridized carbons (Fsp3) is 0.696. The third-order valence-corrected chi connectivity index (χ3v) is 5.90. The van der Waals surface area contributed by atoms with Gasteiger partial charge in [0.2, 0.25) is 0 Å². The van der Waals surface area contributed by atoms with E-state index in [0.717, 1.165) is 12.0 Å². The minimum absolute atomic E-state index is 0.0172. The Morgan fingerprint density at radius 1 is 1.25 bits per heavy atom. The third-order valence-electron chi connectivity index (χ3n) is 5.90. The van der Waals surface area contributed by atoms with Gasteiger partial charge in [0.25, 0.3) is 0 Å². The SMILES string of the molecule is CCCCCCC(C)(C)c1ccc([C@H]2C[C@@H](O)CCN2C(=O)OCC)c(O)c1. The standard InChI is InChI=1S/C23H37NO4/c1-5-7-8-9-13-23(3,4)17-10-11-19(21(26)15-17)20-16-18(25)12-14-24(20)22(27)28-6-2/h10-11,15,18,20,25-26H,5-9,12-14,16H2,1-4H3/t18-,20+/m0/s1. The summed E-state index contributed by atoms with van der Waals surface area (Å²) in [5.41, 5.74) is 1.76. The number of aromatic hydroxyl groups is 1. The monoisotopic (exact) mass is 391 g/mol. The molecule has 0 aromatic heterocycles. The molecule has 1 aromatic rings. The van der Waals surface area contributed by atoms with Gasteiger partial charge in [-0.2, -0.15) is 0 Å². The molecular weight excluding hydrogens is 354 g/mol. The summed E-state index contributed by atoms with van der Waals surface area (Å²) in [5, 5.41) is 20.9. The van der Waals surface area contributed by atoms with Gasteiger partial charge in [-0.1, -0.05) is 58.6 Å². The number of phenolic OH excluding ortho intramolecular Hbond substituents is 1. The molecule has 0 bridgehead atoms. The summed E-state index contributed by atoms with van der Waals surface area (Å²) >= 11 is 0. The normalized spacial score (nSPS) is 20.2. The van der Waals surface area contributed by atoms with E-state index >= 15 is 0 Å². The van der Waals surface area contributed by atoms with Crippen molar-refractivity contribution in [2.75, 3.05) is 13.2 Å². The van der Waals surface area contributed by atoms with E-state index < -0.39 is 6.10 Å². The van der Waals surface area contributed by atoms with E-state index in [4.69, 9.17) is 4.74 Å². The number of rotatable bonds is 8. The van der Waals surface area contributed by atoms with Crippen molar-refractivity contribution >= 4 is 6.09 Å². The second-order valence-corrected chi connectivity index (χ2v) is 8.55. The Labute approximate surface area is 169 Å². The maximum absolute atomic E-state index is 12.3. The van der Waals surface area contributed by atoms with Crippen LogP contribution in [0.5, 0.6) is 5.75 Å². The van der Waals surface area contributed by atoms with Gasteiger partial charge in [-0.15, -0.1) is 0 Å². The van der Waals surface area contributed by atoms with Crippen molar-refractivity contribution in [3.8, 4) is 5.75 Å². The summed E-state index contributed by atoms with van der Waals surface area (Å²) < 4.78 is 5.17. The van der Waals surface area contributed by atoms with E-state index in [1.54, 1.807) is 11.8 Å². The van der Waals surface area contributed by atoms with Crippen molar-refractivity contribution < 1.29 is 19.7 Å². The number of hydrogen-bond donors (Lipinski definition) is 2. The molecule has 2 atom stereocenters. The highest BCUT2D eigenvalue weighted by molar-refractivity contribution is 5.69. The first-order valence-electron chi connectivity index (χ1n) is 10.7. The number of phenols is 1. The van der Waals surface area contributed by atoms with Crippen molar-refractivity contribution in [2.45, 2.75) is 90.2 Å². The topological polar surface area (TPSA) is 70.0 Å². The van der Waals surface area contributed by atoms with E-state index in [1.807, 2.05) is 12.1 Å². The largest absolute Gasteiger partial charge is 0.508 e. The molecular formula is C23H37NO4. The van der Waals surface area contributed by atoms with Crippen LogP contribution in [0, 0.1) is 0 Å². The fourth-order valence-corrected chi connectivity index (χ4v) is 4.05. The molecule has 1 fully saturated rings. The number of carbonyl (C=O) groups is 1. The van der Waals surface area contributed by atoms with Crippen LogP contribution in [0.1, 0.15) is 89.8 Å². The van der Waals surface area contributed by atoms with E-state index in [2.05, 4.69) is 26.8 Å². The molecule has 1 aliphatic rings. The molecule has 0 spiro atoms. The predicted octanol–water partition coefficient (Wildman–Crippen LogP) is 5.29. The lowest BCUT2D eigenvalue weighted by molar-refractivity contribution is 0.0295. The van der Waals surface area contributed by atoms with E-state index in [1.165, 1.54) is 25.7 Å². The van der Waals surface area contributed by atoms with Gasteiger partial charge in [0, 0.05) is 12.1 Å². The van der Waals surface area contributed by atoms with Crippen LogP contribution in [0.25, 0.3) is 0 Å². The third kappa shape index (κ3) is 5.63. The molecule has 1 saturated heterocycles. The van der Waals surface area contributed by atoms with E-state index in [0.29, 0.717) is 31.6 Å². The molecule has 0 saturated carbocycles. The Balaban J connectivity index is 2.20. The van der Waals surface area contributed by atoms with Crippen molar-refractivity contribution in [3.63, 3.8) is 0 Å². The summed E-state index contributed by atoms with van der Waals surface area (Å²) in [5.74, 6) is 0.188. The first-order valence-corrected chi connectivity index (χ1v) is 10.7. The van der Waals surface area contributed by atoms with Gasteiger partial charge < -0.3 is 19.8 Å². The summed E-state index contributed by atoms with van der Waals surface area (Å²) in [6, 6.07) is 5.43. The minimum atomic E-state index is -0.482. The van der Waals surface area contributed by atoms with Crippen LogP contribution in [0.3, 0.4) is 0 Å². The van der Waals surface area contributed by atoms with Crippen molar-refractivity contribution in [1.82, 2.24) is 4.90 Å². The second-order valence-electron chi connectivity index (χ2n) is 8.55. The number of ether oxygens (including phenoxy) is 1. The predicted molar refractivity (Wildman–Crippen MR) is 112 cm³/mol. The molecule has 5 heteroatoms. The lowest BCUT2D eigenvalue weighted by Crippen LogP contribution is -2.43. The van der Waals surface area contributed by atoms with Crippen LogP contribution in [0.2, 0.25) is 0 Å². The first-order chi connectivity index (χ1) is 13.3. The number of carbonyl (C=O) groups excluding carboxylic acids is 1. The molecule has 0 unspecified atom stereocenters. The Bertz CT molecular complexity index is 643. The number of amides is 1. The van der Waals surface area contributed by atoms with Crippen molar-refractivity contribution in [1.29, 1.82) is 0 Å². The van der Waals surface area contributed by atoms with E-state index in [-0.39, 0.29) is 23.3 Å². The summed E-state index contributed by atoms with van der Waals surface area (Å²) in [6.45, 7) is 9.14. The number of aliphatic hydroxyl groups is 1. The highest BCUT2D eigenvalue weighted by Crippen LogP contribution is 2.39. The average molecular weight is 392 g/mol. The van der Waals surface area contributed by atoms with Crippen LogP contribution in [-0.2, 0) is 10.2 Å². The van der Waals surface area contributed by atoms with Gasteiger partial charge in [0.1, 0.15) is 5.75 Å². The molecule has 158 valence electrons. The van der Waals surface area contributed by atoms with Gasteiger partial charge in [-0.05, 0) is 43.2 Å². The Morgan fingerprint density at radius 2 is 2.00 bits per heavy atom. The van der Waals surface area contributed by atoms with Crippen LogP contribution in [-0.4, -0.2) is 40.5 Å². The van der Waals surface area contributed by atoms with Gasteiger partial charge in [0.05, 0.1) is 18.8 Å². The molecule has 1 heterocycles. The van der Waals surface area contributed by atoms with Crippen molar-refractivity contribution in [2.24, 2.45) is 0 Å². The van der Waals surface area contributed by atoms with Gasteiger partial charge in [-0.25, -0.2) is 4.79 Å².